The molecular weight excluding hydrogens is 442 g/mol. The van der Waals surface area contributed by atoms with Crippen molar-refractivity contribution in [1.82, 2.24) is 9.97 Å². The van der Waals surface area contributed by atoms with E-state index in [4.69, 9.17) is 24.3 Å². The molecule has 4 aliphatic carbocycles. The highest BCUT2D eigenvalue weighted by molar-refractivity contribution is 5.95. The molecule has 1 aromatic heterocycles. The fourth-order valence-corrected chi connectivity index (χ4v) is 8.19. The van der Waals surface area contributed by atoms with Crippen LogP contribution in [0.4, 0.5) is 0 Å². The maximum Gasteiger partial charge on any atom is 0.347 e. The zero-order valence-electron chi connectivity index (χ0n) is 21.4. The lowest BCUT2D eigenvalue weighted by molar-refractivity contribution is -0.155. The van der Waals surface area contributed by atoms with E-state index in [0.29, 0.717) is 29.4 Å². The Balaban J connectivity index is 1.33. The second-order valence-electron chi connectivity index (χ2n) is 12.9. The number of ether oxygens (including phenoxy) is 2. The first-order chi connectivity index (χ1) is 16.5. The predicted molar refractivity (Wildman–Crippen MR) is 130 cm³/mol. The molecule has 4 unspecified atom stereocenters. The molecule has 7 rings (SSSR count). The first-order valence-electron chi connectivity index (χ1n) is 12.9. The Hall–Kier alpha value is -2.70. The summed E-state index contributed by atoms with van der Waals surface area (Å²) >= 11 is 0. The molecule has 2 aromatic rings. The highest BCUT2D eigenvalue weighted by atomic mass is 16.7. The molecule has 3 saturated carbocycles. The number of nitrogens with zero attached hydrogens (tertiary/aromatic N) is 3. The van der Waals surface area contributed by atoms with Crippen molar-refractivity contribution >= 4 is 22.7 Å². The third-order valence-electron chi connectivity index (χ3n) is 11.6. The molecule has 3 fully saturated rings. The Morgan fingerprint density at radius 1 is 0.943 bits per heavy atom. The molecule has 7 heteroatoms. The molecule has 2 heterocycles. The third kappa shape index (κ3) is 2.21. The van der Waals surface area contributed by atoms with E-state index in [9.17, 15) is 4.79 Å². The van der Waals surface area contributed by atoms with E-state index < -0.39 is 10.8 Å². The molecule has 1 aromatic carbocycles. The van der Waals surface area contributed by atoms with Gasteiger partial charge in [-0.15, -0.1) is 0 Å². The summed E-state index contributed by atoms with van der Waals surface area (Å²) < 4.78 is 11.1. The standard InChI is InChI=1S/C28H33N3O4/c1-24(2)15-7-8-26(24,5)20(11-15)31-35-23(32)28-10-9-27(6,25(28,3)4)21-22(28)30-17-13-19-18(33-14-34-19)12-16(17)29-21/h12-13,15H,7-11,14H2,1-6H3/b31-20+. The maximum atomic E-state index is 14.1. The first kappa shape index (κ1) is 21.6. The van der Waals surface area contributed by atoms with Gasteiger partial charge in [0, 0.05) is 23.0 Å². The average molecular weight is 476 g/mol. The zero-order chi connectivity index (χ0) is 24.6. The summed E-state index contributed by atoms with van der Waals surface area (Å²) in [5.74, 6) is 1.66. The highest BCUT2D eigenvalue weighted by Gasteiger charge is 2.74. The minimum atomic E-state index is -0.882. The molecule has 0 radical (unpaired) electrons. The van der Waals surface area contributed by atoms with E-state index in [2.05, 4.69) is 46.7 Å². The van der Waals surface area contributed by atoms with Crippen molar-refractivity contribution < 1.29 is 19.1 Å². The Morgan fingerprint density at radius 3 is 2.20 bits per heavy atom. The second-order valence-corrected chi connectivity index (χ2v) is 12.9. The number of fused-ring (bicyclic) bond motifs is 9. The van der Waals surface area contributed by atoms with Crippen LogP contribution in [0.15, 0.2) is 17.3 Å². The van der Waals surface area contributed by atoms with Gasteiger partial charge >= 0.3 is 5.97 Å². The highest BCUT2D eigenvalue weighted by Crippen LogP contribution is 2.70. The number of benzene rings is 1. The number of oxime groups is 1. The summed E-state index contributed by atoms with van der Waals surface area (Å²) in [6, 6.07) is 3.76. The molecule has 184 valence electrons. The molecule has 0 saturated heterocycles. The van der Waals surface area contributed by atoms with Crippen molar-refractivity contribution in [3.63, 3.8) is 0 Å². The van der Waals surface area contributed by atoms with Crippen molar-refractivity contribution in [1.29, 1.82) is 0 Å². The molecule has 0 N–H and O–H groups in total. The number of carbonyl (C=O) groups is 1. The van der Waals surface area contributed by atoms with Crippen LogP contribution in [0.3, 0.4) is 0 Å². The Bertz CT molecular complexity index is 1360. The number of aromatic nitrogens is 2. The number of carbonyl (C=O) groups excluding carboxylic acids is 1. The van der Waals surface area contributed by atoms with E-state index in [-0.39, 0.29) is 29.0 Å². The van der Waals surface area contributed by atoms with Crippen LogP contribution in [-0.2, 0) is 20.5 Å². The first-order valence-corrected chi connectivity index (χ1v) is 12.9. The Kier molecular flexibility index (Phi) is 3.80. The smallest absolute Gasteiger partial charge is 0.347 e. The largest absolute Gasteiger partial charge is 0.454 e. The van der Waals surface area contributed by atoms with E-state index in [1.165, 1.54) is 6.42 Å². The fourth-order valence-electron chi connectivity index (χ4n) is 8.19. The van der Waals surface area contributed by atoms with Gasteiger partial charge in [0.2, 0.25) is 6.79 Å². The van der Waals surface area contributed by atoms with Gasteiger partial charge in [-0.25, -0.2) is 14.8 Å². The molecule has 0 spiro atoms. The van der Waals surface area contributed by atoms with Gasteiger partial charge in [0.25, 0.3) is 0 Å². The van der Waals surface area contributed by atoms with Crippen LogP contribution in [0.2, 0.25) is 0 Å². The molecule has 35 heavy (non-hydrogen) atoms. The summed E-state index contributed by atoms with van der Waals surface area (Å²) in [5.41, 5.74) is 2.74. The van der Waals surface area contributed by atoms with E-state index in [0.717, 1.165) is 41.9 Å². The topological polar surface area (TPSA) is 82.9 Å². The van der Waals surface area contributed by atoms with Crippen molar-refractivity contribution in [3.8, 4) is 11.5 Å². The molecule has 5 aliphatic rings. The van der Waals surface area contributed by atoms with E-state index in [1.54, 1.807) is 0 Å². The molecule has 4 bridgehead atoms. The summed E-state index contributed by atoms with van der Waals surface area (Å²) in [7, 11) is 0. The maximum absolute atomic E-state index is 14.1. The van der Waals surface area contributed by atoms with Gasteiger partial charge in [-0.3, -0.25) is 0 Å². The van der Waals surface area contributed by atoms with E-state index >= 15 is 0 Å². The minimum absolute atomic E-state index is 0.0125. The van der Waals surface area contributed by atoms with Gasteiger partial charge in [0.15, 0.2) is 11.5 Å². The lowest BCUT2D eigenvalue weighted by Crippen LogP contribution is -2.46. The van der Waals surface area contributed by atoms with Gasteiger partial charge in [0.05, 0.1) is 28.1 Å². The summed E-state index contributed by atoms with van der Waals surface area (Å²) in [4.78, 5) is 30.1. The summed E-state index contributed by atoms with van der Waals surface area (Å²) in [5, 5.41) is 4.58. The Morgan fingerprint density at radius 2 is 1.60 bits per heavy atom. The predicted octanol–water partition coefficient (Wildman–Crippen LogP) is 5.43. The van der Waals surface area contributed by atoms with Crippen LogP contribution in [0, 0.1) is 22.2 Å². The van der Waals surface area contributed by atoms with E-state index in [1.807, 2.05) is 12.1 Å². The normalized spacial score (nSPS) is 37.9. The average Bonchev–Trinajstić information content (AvgIpc) is 3.49. The van der Waals surface area contributed by atoms with Crippen molar-refractivity contribution in [2.24, 2.45) is 27.3 Å². The number of hydrogen-bond donors (Lipinski definition) is 0. The van der Waals surface area contributed by atoms with Crippen LogP contribution in [0.25, 0.3) is 11.0 Å². The zero-order valence-corrected chi connectivity index (χ0v) is 21.4. The van der Waals surface area contributed by atoms with Gasteiger partial charge in [0.1, 0.15) is 5.41 Å². The van der Waals surface area contributed by atoms with Crippen LogP contribution >= 0.6 is 0 Å². The van der Waals surface area contributed by atoms with Crippen molar-refractivity contribution in [2.75, 3.05) is 6.79 Å². The third-order valence-corrected chi connectivity index (χ3v) is 11.6. The SMILES string of the molecule is CC12CCC(C/C1=N\OC(=O)C13CCC(C)(c4nc5cc6c(cc5nc41)OCO6)C3(C)C)C2(C)C. The van der Waals surface area contributed by atoms with Crippen molar-refractivity contribution in [2.45, 2.75) is 84.5 Å². The van der Waals surface area contributed by atoms with Crippen LogP contribution in [-0.4, -0.2) is 28.4 Å². The minimum Gasteiger partial charge on any atom is -0.454 e. The van der Waals surface area contributed by atoms with Gasteiger partial charge < -0.3 is 14.3 Å². The summed E-state index contributed by atoms with van der Waals surface area (Å²) in [6.45, 7) is 13.7. The molecule has 4 atom stereocenters. The quantitative estimate of drug-likeness (QED) is 0.425. The number of hydrogen-bond acceptors (Lipinski definition) is 7. The molecule has 1 aliphatic heterocycles. The molecule has 7 nitrogen and oxygen atoms in total. The lowest BCUT2D eigenvalue weighted by atomic mass is 9.64. The lowest BCUT2D eigenvalue weighted by Gasteiger charge is -2.38. The second kappa shape index (κ2) is 6.16. The Labute approximate surface area is 205 Å². The molecular formula is C28H33N3O4. The monoisotopic (exact) mass is 475 g/mol. The van der Waals surface area contributed by atoms with Crippen LogP contribution in [0.1, 0.15) is 85.0 Å². The van der Waals surface area contributed by atoms with Gasteiger partial charge in [-0.1, -0.05) is 46.7 Å². The van der Waals surface area contributed by atoms with Gasteiger partial charge in [-0.05, 0) is 48.9 Å². The van der Waals surface area contributed by atoms with Gasteiger partial charge in [-0.2, -0.15) is 0 Å². The summed E-state index contributed by atoms with van der Waals surface area (Å²) in [6.07, 6.45) is 4.78. The van der Waals surface area contributed by atoms with Crippen LogP contribution in [0.5, 0.6) is 11.5 Å². The van der Waals surface area contributed by atoms with Crippen molar-refractivity contribution in [3.05, 3.63) is 23.5 Å². The molecule has 0 amide bonds. The number of rotatable bonds is 2. The van der Waals surface area contributed by atoms with Crippen LogP contribution < -0.4 is 9.47 Å². The fraction of sp³-hybridized carbons (Fsp3) is 0.643.